The van der Waals surface area contributed by atoms with Gasteiger partial charge in [-0.05, 0) is 12.1 Å². The maximum absolute atomic E-state index is 12.7. The maximum Gasteiger partial charge on any atom is 0.272 e. The molecule has 8 heteroatoms. The highest BCUT2D eigenvalue weighted by Crippen LogP contribution is 2.35. The molecule has 2 rings (SSSR count). The van der Waals surface area contributed by atoms with Crippen LogP contribution in [0.4, 0.5) is 0 Å². The number of hydrogen-bond donors (Lipinski definition) is 1. The van der Waals surface area contributed by atoms with Gasteiger partial charge in [0.15, 0.2) is 11.5 Å². The molecule has 1 N–H and O–H groups in total. The van der Waals surface area contributed by atoms with Crippen molar-refractivity contribution in [3.8, 4) is 0 Å². The molecule has 1 aromatic carbocycles. The van der Waals surface area contributed by atoms with Crippen LogP contribution in [0.2, 0.25) is 0 Å². The highest BCUT2D eigenvalue weighted by molar-refractivity contribution is 7.89. The zero-order chi connectivity index (χ0) is 18.8. The summed E-state index contributed by atoms with van der Waals surface area (Å²) in [5.74, 6) is -0.198. The quantitative estimate of drug-likeness (QED) is 0.597. The SMILES string of the molecule is COC1=C(C(=O)NCCC[N+](C)(C)C)N(C)S(=O)(=O)c2ccccc21. The van der Waals surface area contributed by atoms with Gasteiger partial charge in [0, 0.05) is 25.6 Å². The maximum atomic E-state index is 12.7. The van der Waals surface area contributed by atoms with Crippen molar-refractivity contribution in [2.45, 2.75) is 11.3 Å². The molecule has 0 aliphatic carbocycles. The van der Waals surface area contributed by atoms with Crippen LogP contribution in [0.15, 0.2) is 34.9 Å². The van der Waals surface area contributed by atoms with E-state index in [4.69, 9.17) is 4.74 Å². The fourth-order valence-electron chi connectivity index (χ4n) is 2.71. The Labute approximate surface area is 149 Å². The van der Waals surface area contributed by atoms with Crippen molar-refractivity contribution < 1.29 is 22.4 Å². The van der Waals surface area contributed by atoms with Gasteiger partial charge < -0.3 is 14.5 Å². The van der Waals surface area contributed by atoms with Gasteiger partial charge in [-0.15, -0.1) is 0 Å². The third kappa shape index (κ3) is 3.96. The molecular weight excluding hydrogens is 342 g/mol. The molecular formula is C17H26N3O4S+. The van der Waals surface area contributed by atoms with E-state index in [0.717, 1.165) is 21.8 Å². The molecule has 7 nitrogen and oxygen atoms in total. The van der Waals surface area contributed by atoms with Crippen LogP contribution >= 0.6 is 0 Å². The second kappa shape index (κ2) is 7.05. The lowest BCUT2D eigenvalue weighted by Crippen LogP contribution is -2.41. The average molecular weight is 368 g/mol. The van der Waals surface area contributed by atoms with Gasteiger partial charge >= 0.3 is 0 Å². The first-order chi connectivity index (χ1) is 11.6. The van der Waals surface area contributed by atoms with E-state index in [9.17, 15) is 13.2 Å². The van der Waals surface area contributed by atoms with E-state index in [1.54, 1.807) is 18.2 Å². The Morgan fingerprint density at radius 3 is 2.48 bits per heavy atom. The summed E-state index contributed by atoms with van der Waals surface area (Å²) in [6, 6.07) is 6.52. The van der Waals surface area contributed by atoms with E-state index < -0.39 is 15.9 Å². The van der Waals surface area contributed by atoms with Crippen molar-refractivity contribution in [1.29, 1.82) is 0 Å². The van der Waals surface area contributed by atoms with Crippen LogP contribution in [0.25, 0.3) is 5.76 Å². The highest BCUT2D eigenvalue weighted by atomic mass is 32.2. The Kier molecular flexibility index (Phi) is 5.43. The Balaban J connectivity index is 2.31. The van der Waals surface area contributed by atoms with Gasteiger partial charge in [-0.25, -0.2) is 8.42 Å². The summed E-state index contributed by atoms with van der Waals surface area (Å²) in [4.78, 5) is 12.8. The zero-order valence-corrected chi connectivity index (χ0v) is 16.2. The summed E-state index contributed by atoms with van der Waals surface area (Å²) in [6.45, 7) is 1.36. The molecule has 25 heavy (non-hydrogen) atoms. The number of carbonyl (C=O) groups is 1. The number of nitrogens with one attached hydrogen (secondary N) is 1. The molecule has 1 aromatic rings. The van der Waals surface area contributed by atoms with Gasteiger partial charge in [-0.3, -0.25) is 9.10 Å². The van der Waals surface area contributed by atoms with Crippen LogP contribution in [-0.4, -0.2) is 71.5 Å². The molecule has 0 unspecified atom stereocenters. The Bertz CT molecular complexity index is 794. The number of hydrogen-bond acceptors (Lipinski definition) is 4. The van der Waals surface area contributed by atoms with Gasteiger partial charge in [0.05, 0.1) is 39.7 Å². The molecule has 138 valence electrons. The van der Waals surface area contributed by atoms with E-state index in [1.807, 2.05) is 0 Å². The number of fused-ring (bicyclic) bond motifs is 1. The van der Waals surface area contributed by atoms with Crippen LogP contribution in [0, 0.1) is 0 Å². The molecule has 0 bridgehead atoms. The van der Waals surface area contributed by atoms with Crippen molar-refractivity contribution >= 4 is 21.7 Å². The summed E-state index contributed by atoms with van der Waals surface area (Å²) in [5.41, 5.74) is 0.408. The van der Waals surface area contributed by atoms with Gasteiger partial charge in [0.1, 0.15) is 0 Å². The lowest BCUT2D eigenvalue weighted by Gasteiger charge is -2.30. The van der Waals surface area contributed by atoms with Crippen LogP contribution in [0.3, 0.4) is 0 Å². The molecule has 1 aliphatic rings. The zero-order valence-electron chi connectivity index (χ0n) is 15.4. The minimum Gasteiger partial charge on any atom is -0.494 e. The predicted molar refractivity (Wildman–Crippen MR) is 95.8 cm³/mol. The third-order valence-electron chi connectivity index (χ3n) is 4.01. The van der Waals surface area contributed by atoms with E-state index in [-0.39, 0.29) is 16.4 Å². The van der Waals surface area contributed by atoms with E-state index in [0.29, 0.717) is 12.1 Å². The first kappa shape index (κ1) is 19.3. The normalized spacial score (nSPS) is 16.4. The lowest BCUT2D eigenvalue weighted by atomic mass is 10.1. The van der Waals surface area contributed by atoms with Crippen LogP contribution in [0.5, 0.6) is 0 Å². The summed E-state index contributed by atoms with van der Waals surface area (Å²) >= 11 is 0. The van der Waals surface area contributed by atoms with E-state index in [1.165, 1.54) is 20.2 Å². The number of likely N-dealkylation sites (N-methyl/N-ethyl adjacent to an activating group) is 1. The summed E-state index contributed by atoms with van der Waals surface area (Å²) < 4.78 is 32.6. The standard InChI is InChI=1S/C17H25N3O4S/c1-19-15(17(21)18-11-8-12-20(2,3)4)16(24-5)13-9-6-7-10-14(13)25(19,22)23/h6-7,9-10H,8,11-12H2,1-5H3/p+1. The van der Waals surface area contributed by atoms with Crippen molar-refractivity contribution in [2.24, 2.45) is 0 Å². The van der Waals surface area contributed by atoms with Gasteiger partial charge in [-0.1, -0.05) is 12.1 Å². The number of carbonyl (C=O) groups excluding carboxylic acids is 1. The average Bonchev–Trinajstić information content (AvgIpc) is 2.54. The molecule has 0 spiro atoms. The topological polar surface area (TPSA) is 75.7 Å². The number of sulfonamides is 1. The number of methoxy groups -OCH3 is 1. The molecule has 0 saturated heterocycles. The highest BCUT2D eigenvalue weighted by Gasteiger charge is 2.38. The van der Waals surface area contributed by atoms with Crippen molar-refractivity contribution in [3.63, 3.8) is 0 Å². The minimum atomic E-state index is -3.78. The number of amides is 1. The lowest BCUT2D eigenvalue weighted by molar-refractivity contribution is -0.870. The van der Waals surface area contributed by atoms with Crippen LogP contribution in [-0.2, 0) is 19.6 Å². The molecule has 1 aliphatic heterocycles. The van der Waals surface area contributed by atoms with Crippen LogP contribution in [0.1, 0.15) is 12.0 Å². The molecule has 0 radical (unpaired) electrons. The fourth-order valence-corrected chi connectivity index (χ4v) is 4.10. The second-order valence-corrected chi connectivity index (χ2v) is 8.91. The van der Waals surface area contributed by atoms with Crippen molar-refractivity contribution in [3.05, 3.63) is 35.5 Å². The molecule has 1 amide bonds. The molecule has 1 heterocycles. The van der Waals surface area contributed by atoms with Gasteiger partial charge in [-0.2, -0.15) is 0 Å². The number of rotatable bonds is 6. The summed E-state index contributed by atoms with van der Waals surface area (Å²) in [6.07, 6.45) is 0.790. The van der Waals surface area contributed by atoms with E-state index in [2.05, 4.69) is 26.5 Å². The first-order valence-corrected chi connectivity index (χ1v) is 9.49. The minimum absolute atomic E-state index is 0.00597. The van der Waals surface area contributed by atoms with Crippen LogP contribution < -0.4 is 5.32 Å². The molecule has 0 saturated carbocycles. The third-order valence-corrected chi connectivity index (χ3v) is 5.83. The second-order valence-electron chi connectivity index (χ2n) is 6.97. The number of ether oxygens (including phenoxy) is 1. The Hall–Kier alpha value is -2.06. The van der Waals surface area contributed by atoms with Crippen molar-refractivity contribution in [2.75, 3.05) is 48.4 Å². The molecule has 0 fully saturated rings. The molecule has 0 aromatic heterocycles. The number of benzene rings is 1. The largest absolute Gasteiger partial charge is 0.494 e. The van der Waals surface area contributed by atoms with Gasteiger partial charge in [0.2, 0.25) is 0 Å². The monoisotopic (exact) mass is 368 g/mol. The smallest absolute Gasteiger partial charge is 0.272 e. The van der Waals surface area contributed by atoms with Crippen molar-refractivity contribution in [1.82, 2.24) is 9.62 Å². The first-order valence-electron chi connectivity index (χ1n) is 8.05. The van der Waals surface area contributed by atoms with E-state index >= 15 is 0 Å². The summed E-state index contributed by atoms with van der Waals surface area (Å²) in [7, 11) is 5.24. The summed E-state index contributed by atoms with van der Waals surface area (Å²) in [5, 5.41) is 2.80. The predicted octanol–water partition coefficient (Wildman–Crippen LogP) is 0.848. The Morgan fingerprint density at radius 1 is 1.24 bits per heavy atom. The number of nitrogens with zero attached hydrogens (tertiary/aromatic N) is 2. The number of quaternary nitrogens is 1. The van der Waals surface area contributed by atoms with Gasteiger partial charge in [0.25, 0.3) is 15.9 Å². The molecule has 0 atom stereocenters. The Morgan fingerprint density at radius 2 is 1.88 bits per heavy atom. The fraction of sp³-hybridized carbons (Fsp3) is 0.471.